The summed E-state index contributed by atoms with van der Waals surface area (Å²) in [6, 6.07) is 7.03. The summed E-state index contributed by atoms with van der Waals surface area (Å²) < 4.78 is 5.10. The molecule has 1 saturated heterocycles. The lowest BCUT2D eigenvalue weighted by Crippen LogP contribution is -2.50. The second kappa shape index (κ2) is 6.73. The lowest BCUT2D eigenvalue weighted by Gasteiger charge is -2.35. The number of benzene rings is 1. The largest absolute Gasteiger partial charge is 0.383 e. The number of amides is 2. The Morgan fingerprint density at radius 1 is 1.22 bits per heavy atom. The molecular formula is C20H25N3O4. The molecule has 27 heavy (non-hydrogen) atoms. The summed E-state index contributed by atoms with van der Waals surface area (Å²) in [6.07, 6.45) is 0. The van der Waals surface area contributed by atoms with Gasteiger partial charge in [0, 0.05) is 45.4 Å². The van der Waals surface area contributed by atoms with Gasteiger partial charge in [0.1, 0.15) is 0 Å². The van der Waals surface area contributed by atoms with E-state index in [2.05, 4.69) is 10.2 Å². The van der Waals surface area contributed by atoms with Gasteiger partial charge in [-0.2, -0.15) is 0 Å². The highest BCUT2D eigenvalue weighted by molar-refractivity contribution is 6.19. The summed E-state index contributed by atoms with van der Waals surface area (Å²) in [5.74, 6) is -1.57. The number of nitrogens with one attached hydrogen (secondary N) is 1. The third-order valence-corrected chi connectivity index (χ3v) is 6.28. The number of rotatable bonds is 4. The number of carbonyl (C=O) groups is 3. The third-order valence-electron chi connectivity index (χ3n) is 6.28. The van der Waals surface area contributed by atoms with Crippen LogP contribution in [0.15, 0.2) is 24.3 Å². The summed E-state index contributed by atoms with van der Waals surface area (Å²) in [5.41, 5.74) is 0.0930. The Hall–Kier alpha value is -2.25. The maximum atomic E-state index is 13.1. The normalized spacial score (nSPS) is 30.2. The fraction of sp³-hybridized carbons (Fsp3) is 0.550. The molecule has 1 saturated carbocycles. The van der Waals surface area contributed by atoms with Gasteiger partial charge >= 0.3 is 0 Å². The van der Waals surface area contributed by atoms with Crippen LogP contribution >= 0.6 is 0 Å². The summed E-state index contributed by atoms with van der Waals surface area (Å²) in [6.45, 7) is 6.09. The molecule has 7 heteroatoms. The Bertz CT molecular complexity index is 787. The standard InChI is InChI=1S/C20H25N3O4/c1-20-15(18(25)21-14-6-4-3-5-13(14)17(20)24)16(20)19(26)23-9-7-22(8-10-23)11-12-27-2/h3-6,15-16H,7-12H2,1-2H3,(H,21,25)/t15-,16+,20+/m1/s1. The van der Waals surface area contributed by atoms with E-state index >= 15 is 0 Å². The number of Topliss-reactive ketones (excluding diaryl/α,β-unsaturated/α-hetero) is 1. The molecule has 4 rings (SSSR count). The Balaban J connectivity index is 1.49. The minimum absolute atomic E-state index is 0.0724. The molecule has 2 heterocycles. The zero-order valence-electron chi connectivity index (χ0n) is 15.7. The minimum atomic E-state index is -0.943. The van der Waals surface area contributed by atoms with E-state index in [9.17, 15) is 14.4 Å². The van der Waals surface area contributed by atoms with Crippen LogP contribution in [0.1, 0.15) is 17.3 Å². The van der Waals surface area contributed by atoms with Crippen molar-refractivity contribution in [1.29, 1.82) is 0 Å². The van der Waals surface area contributed by atoms with Gasteiger partial charge in [-0.25, -0.2) is 0 Å². The first kappa shape index (κ1) is 18.1. The first-order chi connectivity index (χ1) is 13.0. The maximum absolute atomic E-state index is 13.1. The first-order valence-electron chi connectivity index (χ1n) is 9.43. The van der Waals surface area contributed by atoms with Crippen LogP contribution in [0.4, 0.5) is 5.69 Å². The lowest BCUT2D eigenvalue weighted by atomic mass is 9.92. The van der Waals surface area contributed by atoms with E-state index in [4.69, 9.17) is 4.74 Å². The van der Waals surface area contributed by atoms with Crippen LogP contribution in [0.3, 0.4) is 0 Å². The zero-order chi connectivity index (χ0) is 19.2. The molecule has 3 atom stereocenters. The molecule has 3 aliphatic rings. The number of methoxy groups -OCH3 is 1. The molecule has 0 unspecified atom stereocenters. The van der Waals surface area contributed by atoms with Gasteiger partial charge in [-0.1, -0.05) is 19.1 Å². The zero-order valence-corrected chi connectivity index (χ0v) is 15.7. The predicted molar refractivity (Wildman–Crippen MR) is 99.4 cm³/mol. The fourth-order valence-electron chi connectivity index (χ4n) is 4.52. The Kier molecular flexibility index (Phi) is 4.52. The molecule has 0 spiro atoms. The van der Waals surface area contributed by atoms with Crippen LogP contribution in [0, 0.1) is 17.3 Å². The molecule has 1 aliphatic carbocycles. The van der Waals surface area contributed by atoms with Crippen molar-refractivity contribution in [2.24, 2.45) is 17.3 Å². The van der Waals surface area contributed by atoms with Crippen LogP contribution in [0.5, 0.6) is 0 Å². The second-order valence-corrected chi connectivity index (χ2v) is 7.76. The average molecular weight is 371 g/mol. The van der Waals surface area contributed by atoms with Gasteiger partial charge in [-0.3, -0.25) is 19.3 Å². The minimum Gasteiger partial charge on any atom is -0.383 e. The first-order valence-corrected chi connectivity index (χ1v) is 9.43. The maximum Gasteiger partial charge on any atom is 0.229 e. The number of ether oxygens (including phenoxy) is 1. The molecule has 144 valence electrons. The van der Waals surface area contributed by atoms with Crippen molar-refractivity contribution < 1.29 is 19.1 Å². The van der Waals surface area contributed by atoms with E-state index in [-0.39, 0.29) is 17.6 Å². The molecule has 0 bridgehead atoms. The molecule has 7 nitrogen and oxygen atoms in total. The quantitative estimate of drug-likeness (QED) is 0.850. The van der Waals surface area contributed by atoms with Crippen molar-refractivity contribution in [3.63, 3.8) is 0 Å². The highest BCUT2D eigenvalue weighted by Gasteiger charge is 2.73. The molecular weight excluding hydrogens is 346 g/mol. The molecule has 2 amide bonds. The van der Waals surface area contributed by atoms with E-state index in [1.54, 1.807) is 43.2 Å². The number of anilines is 1. The van der Waals surface area contributed by atoms with Crippen molar-refractivity contribution in [1.82, 2.24) is 9.80 Å². The number of nitrogens with zero attached hydrogens (tertiary/aromatic N) is 2. The predicted octanol–water partition coefficient (Wildman–Crippen LogP) is 0.864. The summed E-state index contributed by atoms with van der Waals surface area (Å²) in [7, 11) is 1.68. The lowest BCUT2D eigenvalue weighted by molar-refractivity contribution is -0.136. The van der Waals surface area contributed by atoms with Crippen LogP contribution in [-0.2, 0) is 14.3 Å². The molecule has 1 aromatic rings. The molecule has 0 radical (unpaired) electrons. The van der Waals surface area contributed by atoms with Crippen molar-refractivity contribution in [2.45, 2.75) is 6.92 Å². The Morgan fingerprint density at radius 3 is 2.63 bits per heavy atom. The van der Waals surface area contributed by atoms with Crippen molar-refractivity contribution in [3.8, 4) is 0 Å². The number of piperazine rings is 1. The molecule has 1 N–H and O–H groups in total. The summed E-state index contributed by atoms with van der Waals surface area (Å²) >= 11 is 0. The number of ketones is 1. The number of hydrogen-bond donors (Lipinski definition) is 1. The van der Waals surface area contributed by atoms with Crippen molar-refractivity contribution >= 4 is 23.3 Å². The molecule has 2 aliphatic heterocycles. The average Bonchev–Trinajstić information content (AvgIpc) is 3.34. The van der Waals surface area contributed by atoms with Crippen molar-refractivity contribution in [2.75, 3.05) is 51.8 Å². The van der Waals surface area contributed by atoms with Gasteiger partial charge in [0.05, 0.1) is 29.5 Å². The van der Waals surface area contributed by atoms with E-state index in [0.29, 0.717) is 30.9 Å². The van der Waals surface area contributed by atoms with E-state index in [1.807, 2.05) is 0 Å². The Morgan fingerprint density at radius 2 is 1.93 bits per heavy atom. The molecule has 2 fully saturated rings. The van der Waals surface area contributed by atoms with E-state index < -0.39 is 17.3 Å². The second-order valence-electron chi connectivity index (χ2n) is 7.76. The number of para-hydroxylation sites is 1. The number of fused-ring (bicyclic) bond motifs is 2. The monoisotopic (exact) mass is 371 g/mol. The summed E-state index contributed by atoms with van der Waals surface area (Å²) in [5, 5.41) is 2.83. The van der Waals surface area contributed by atoms with Gasteiger partial charge < -0.3 is 15.0 Å². The smallest absolute Gasteiger partial charge is 0.229 e. The van der Waals surface area contributed by atoms with Gasteiger partial charge in [0.25, 0.3) is 0 Å². The van der Waals surface area contributed by atoms with E-state index in [0.717, 1.165) is 19.6 Å². The van der Waals surface area contributed by atoms with Crippen LogP contribution in [-0.4, -0.2) is 73.8 Å². The fourth-order valence-corrected chi connectivity index (χ4v) is 4.52. The number of hydrogen-bond acceptors (Lipinski definition) is 5. The third kappa shape index (κ3) is 2.85. The van der Waals surface area contributed by atoms with Gasteiger partial charge in [0.15, 0.2) is 5.78 Å². The highest BCUT2D eigenvalue weighted by atomic mass is 16.5. The van der Waals surface area contributed by atoms with Gasteiger partial charge in [-0.05, 0) is 12.1 Å². The van der Waals surface area contributed by atoms with Crippen LogP contribution < -0.4 is 5.32 Å². The van der Waals surface area contributed by atoms with Crippen molar-refractivity contribution in [3.05, 3.63) is 29.8 Å². The SMILES string of the molecule is COCCN1CCN(C(=O)[C@@H]2[C@@H]3C(=O)Nc4ccccc4C(=O)[C@]23C)CC1. The van der Waals surface area contributed by atoms with Gasteiger partial charge in [-0.15, -0.1) is 0 Å². The number of carbonyl (C=O) groups excluding carboxylic acids is 3. The van der Waals surface area contributed by atoms with Crippen LogP contribution in [0.2, 0.25) is 0 Å². The van der Waals surface area contributed by atoms with Crippen LogP contribution in [0.25, 0.3) is 0 Å². The highest BCUT2D eigenvalue weighted by Crippen LogP contribution is 2.62. The molecule has 0 aromatic heterocycles. The summed E-state index contributed by atoms with van der Waals surface area (Å²) in [4.78, 5) is 43.0. The van der Waals surface area contributed by atoms with Gasteiger partial charge in [0.2, 0.25) is 11.8 Å². The van der Waals surface area contributed by atoms with E-state index in [1.165, 1.54) is 0 Å². The Labute approximate surface area is 158 Å². The molecule has 1 aromatic carbocycles. The topological polar surface area (TPSA) is 79.0 Å².